The molecule has 0 amide bonds. The first-order chi connectivity index (χ1) is 9.69. The summed E-state index contributed by atoms with van der Waals surface area (Å²) in [6.45, 7) is 0. The molecular formula is C16H13NO2S. The minimum atomic E-state index is 0.118. The summed E-state index contributed by atoms with van der Waals surface area (Å²) >= 11 is 5.36. The van der Waals surface area contributed by atoms with Gasteiger partial charge in [0, 0.05) is 16.8 Å². The smallest absolute Gasteiger partial charge is 0.160 e. The molecule has 2 aromatic rings. The number of fused-ring (bicyclic) bond motifs is 1. The zero-order valence-corrected chi connectivity index (χ0v) is 11.7. The van der Waals surface area contributed by atoms with Gasteiger partial charge in [-0.1, -0.05) is 36.5 Å². The van der Waals surface area contributed by atoms with E-state index in [-0.39, 0.29) is 5.75 Å². The van der Waals surface area contributed by atoms with Gasteiger partial charge in [0.25, 0.3) is 0 Å². The van der Waals surface area contributed by atoms with Crippen LogP contribution in [0.5, 0.6) is 11.5 Å². The van der Waals surface area contributed by atoms with E-state index in [4.69, 9.17) is 17.0 Å². The molecule has 0 aromatic heterocycles. The quantitative estimate of drug-likeness (QED) is 0.651. The normalized spacial score (nSPS) is 15.1. The van der Waals surface area contributed by atoms with Gasteiger partial charge in [-0.3, -0.25) is 0 Å². The Kier molecular flexibility index (Phi) is 3.16. The molecule has 1 heterocycles. The Bertz CT molecular complexity index is 722. The molecule has 100 valence electrons. The summed E-state index contributed by atoms with van der Waals surface area (Å²) in [7, 11) is 1.53. The van der Waals surface area contributed by atoms with Crippen molar-refractivity contribution in [3.05, 3.63) is 53.6 Å². The molecular weight excluding hydrogens is 270 g/mol. The van der Waals surface area contributed by atoms with Crippen LogP contribution < -0.4 is 10.1 Å². The number of nitrogens with one attached hydrogen (secondary N) is 1. The number of phenolic OH excluding ortho intramolecular Hbond substituents is 1. The predicted molar refractivity (Wildman–Crippen MR) is 85.2 cm³/mol. The molecule has 0 radical (unpaired) electrons. The summed E-state index contributed by atoms with van der Waals surface area (Å²) in [5, 5.41) is 13.0. The lowest BCUT2D eigenvalue weighted by Gasteiger charge is -2.04. The Hall–Kier alpha value is -2.33. The number of rotatable bonds is 2. The lowest BCUT2D eigenvalue weighted by Crippen LogP contribution is -2.00. The Morgan fingerprint density at radius 2 is 2.00 bits per heavy atom. The highest BCUT2D eigenvalue weighted by Crippen LogP contribution is 2.34. The number of aromatic hydroxyl groups is 1. The molecule has 3 nitrogen and oxygen atoms in total. The van der Waals surface area contributed by atoms with Gasteiger partial charge in [0.2, 0.25) is 0 Å². The highest BCUT2D eigenvalue weighted by atomic mass is 32.1. The van der Waals surface area contributed by atoms with Crippen molar-refractivity contribution in [2.45, 2.75) is 0 Å². The molecule has 0 saturated carbocycles. The van der Waals surface area contributed by atoms with E-state index < -0.39 is 0 Å². The van der Waals surface area contributed by atoms with Crippen molar-refractivity contribution in [2.75, 3.05) is 12.4 Å². The van der Waals surface area contributed by atoms with Crippen LogP contribution in [0.1, 0.15) is 11.1 Å². The van der Waals surface area contributed by atoms with Crippen molar-refractivity contribution in [3.8, 4) is 11.5 Å². The number of para-hydroxylation sites is 1. The average molecular weight is 283 g/mol. The molecule has 0 atom stereocenters. The Labute approximate surface area is 122 Å². The third kappa shape index (κ3) is 2.14. The average Bonchev–Trinajstić information content (AvgIpc) is 2.76. The van der Waals surface area contributed by atoms with Gasteiger partial charge in [-0.2, -0.15) is 0 Å². The number of anilines is 1. The van der Waals surface area contributed by atoms with Crippen LogP contribution >= 0.6 is 12.2 Å². The summed E-state index contributed by atoms with van der Waals surface area (Å²) < 4.78 is 5.04. The van der Waals surface area contributed by atoms with Crippen LogP contribution in [-0.4, -0.2) is 17.2 Å². The number of benzene rings is 2. The minimum absolute atomic E-state index is 0.118. The molecule has 0 aliphatic carbocycles. The molecule has 1 aliphatic heterocycles. The predicted octanol–water partition coefficient (Wildman–Crippen LogP) is 3.69. The fourth-order valence-corrected chi connectivity index (χ4v) is 2.52. The highest BCUT2D eigenvalue weighted by molar-refractivity contribution is 7.81. The first-order valence-electron chi connectivity index (χ1n) is 6.18. The van der Waals surface area contributed by atoms with E-state index in [9.17, 15) is 5.11 Å². The van der Waals surface area contributed by atoms with E-state index in [0.29, 0.717) is 10.7 Å². The van der Waals surface area contributed by atoms with E-state index in [2.05, 4.69) is 5.32 Å². The van der Waals surface area contributed by atoms with Gasteiger partial charge in [0.1, 0.15) is 4.99 Å². The molecule has 1 aliphatic rings. The molecule has 0 unspecified atom stereocenters. The number of ether oxygens (including phenoxy) is 1. The third-order valence-corrected chi connectivity index (χ3v) is 3.55. The van der Waals surface area contributed by atoms with Gasteiger partial charge in [0.05, 0.1) is 7.11 Å². The molecule has 4 heteroatoms. The van der Waals surface area contributed by atoms with Crippen LogP contribution in [0.25, 0.3) is 11.6 Å². The number of hydrogen-bond donors (Lipinski definition) is 2. The Balaban J connectivity index is 2.04. The molecule has 0 spiro atoms. The van der Waals surface area contributed by atoms with E-state index in [1.54, 1.807) is 12.1 Å². The maximum Gasteiger partial charge on any atom is 0.160 e. The molecule has 20 heavy (non-hydrogen) atoms. The zero-order valence-electron chi connectivity index (χ0n) is 10.9. The number of methoxy groups -OCH3 is 1. The first kappa shape index (κ1) is 12.7. The highest BCUT2D eigenvalue weighted by Gasteiger charge is 2.20. The van der Waals surface area contributed by atoms with E-state index in [1.807, 2.05) is 36.4 Å². The van der Waals surface area contributed by atoms with Crippen LogP contribution in [0, 0.1) is 0 Å². The van der Waals surface area contributed by atoms with Crippen LogP contribution in [0.2, 0.25) is 0 Å². The van der Waals surface area contributed by atoms with Crippen molar-refractivity contribution in [1.29, 1.82) is 0 Å². The number of hydrogen-bond acceptors (Lipinski definition) is 3. The topological polar surface area (TPSA) is 41.5 Å². The second-order valence-electron chi connectivity index (χ2n) is 4.49. The largest absolute Gasteiger partial charge is 0.504 e. The summed E-state index contributed by atoms with van der Waals surface area (Å²) in [6, 6.07) is 13.2. The van der Waals surface area contributed by atoms with Crippen molar-refractivity contribution in [3.63, 3.8) is 0 Å². The molecule has 2 aromatic carbocycles. The minimum Gasteiger partial charge on any atom is -0.504 e. The third-order valence-electron chi connectivity index (χ3n) is 3.22. The molecule has 0 saturated heterocycles. The van der Waals surface area contributed by atoms with Gasteiger partial charge in [0.15, 0.2) is 11.5 Å². The van der Waals surface area contributed by atoms with Crippen molar-refractivity contribution in [2.24, 2.45) is 0 Å². The van der Waals surface area contributed by atoms with Gasteiger partial charge in [-0.05, 0) is 29.8 Å². The monoisotopic (exact) mass is 283 g/mol. The molecule has 0 fully saturated rings. The summed E-state index contributed by atoms with van der Waals surface area (Å²) in [5.74, 6) is 0.576. The SMILES string of the molecule is COc1ccc(/C=C2\C(=S)Nc3ccccc32)cc1O. The zero-order chi connectivity index (χ0) is 14.1. The van der Waals surface area contributed by atoms with E-state index in [0.717, 1.165) is 22.4 Å². The van der Waals surface area contributed by atoms with Crippen molar-refractivity contribution >= 4 is 34.5 Å². The Morgan fingerprint density at radius 3 is 2.75 bits per heavy atom. The van der Waals surface area contributed by atoms with Crippen LogP contribution in [0.3, 0.4) is 0 Å². The van der Waals surface area contributed by atoms with Crippen molar-refractivity contribution < 1.29 is 9.84 Å². The fourth-order valence-electron chi connectivity index (χ4n) is 2.25. The standard InChI is InChI=1S/C16H13NO2S/c1-19-15-7-6-10(9-14(15)18)8-12-11-4-2-3-5-13(11)17-16(12)20/h2-9,18H,1H3,(H,17,20)/b12-8-. The lowest BCUT2D eigenvalue weighted by atomic mass is 10.0. The molecule has 2 N–H and O–H groups in total. The Morgan fingerprint density at radius 1 is 1.20 bits per heavy atom. The summed E-state index contributed by atoms with van der Waals surface area (Å²) in [4.78, 5) is 0.696. The summed E-state index contributed by atoms with van der Waals surface area (Å²) in [6.07, 6.45) is 1.96. The van der Waals surface area contributed by atoms with Crippen LogP contribution in [0.15, 0.2) is 42.5 Å². The molecule has 0 bridgehead atoms. The lowest BCUT2D eigenvalue weighted by molar-refractivity contribution is 0.373. The maximum absolute atomic E-state index is 9.82. The second-order valence-corrected chi connectivity index (χ2v) is 4.90. The van der Waals surface area contributed by atoms with Gasteiger partial charge in [-0.25, -0.2) is 0 Å². The maximum atomic E-state index is 9.82. The summed E-state index contributed by atoms with van der Waals surface area (Å²) in [5.41, 5.74) is 3.92. The van der Waals surface area contributed by atoms with Crippen LogP contribution in [-0.2, 0) is 0 Å². The fraction of sp³-hybridized carbons (Fsp3) is 0.0625. The van der Waals surface area contributed by atoms with Gasteiger partial charge >= 0.3 is 0 Å². The van der Waals surface area contributed by atoms with E-state index >= 15 is 0 Å². The van der Waals surface area contributed by atoms with E-state index in [1.165, 1.54) is 7.11 Å². The van der Waals surface area contributed by atoms with Gasteiger partial charge in [-0.15, -0.1) is 0 Å². The number of phenols is 1. The number of thiocarbonyl (C=S) groups is 1. The second kappa shape index (κ2) is 4.98. The van der Waals surface area contributed by atoms with Gasteiger partial charge < -0.3 is 15.2 Å². The van der Waals surface area contributed by atoms with Crippen LogP contribution in [0.4, 0.5) is 5.69 Å². The first-order valence-corrected chi connectivity index (χ1v) is 6.59. The molecule has 3 rings (SSSR count). The van der Waals surface area contributed by atoms with Crippen molar-refractivity contribution in [1.82, 2.24) is 0 Å².